The number of rotatable bonds is 1. The maximum absolute atomic E-state index is 5.92. The van der Waals surface area contributed by atoms with E-state index < -0.39 is 0 Å². The van der Waals surface area contributed by atoms with Crippen molar-refractivity contribution in [2.75, 3.05) is 12.8 Å². The summed E-state index contributed by atoms with van der Waals surface area (Å²) in [5.41, 5.74) is 8.90. The van der Waals surface area contributed by atoms with E-state index in [1.54, 1.807) is 6.20 Å². The second-order valence-electron chi connectivity index (χ2n) is 3.94. The van der Waals surface area contributed by atoms with Gasteiger partial charge in [0.15, 0.2) is 0 Å². The Morgan fingerprint density at radius 1 is 1.57 bits per heavy atom. The standard InChI is InChI=1S/C11H15N3/c1-11(13-2)5-3-10-8(7-11)9(12)4-6-14-10/h3-6,13H,7H2,1-2H3,(H2,12,14). The topological polar surface area (TPSA) is 50.9 Å². The molecular formula is C11H15N3. The Labute approximate surface area is 84.0 Å². The SMILES string of the molecule is CNC1(C)C=Cc2nccc(N)c2C1. The van der Waals surface area contributed by atoms with Gasteiger partial charge >= 0.3 is 0 Å². The molecule has 3 heteroatoms. The minimum Gasteiger partial charge on any atom is -0.398 e. The highest BCUT2D eigenvalue weighted by atomic mass is 14.9. The highest BCUT2D eigenvalue weighted by Crippen LogP contribution is 2.27. The van der Waals surface area contributed by atoms with Gasteiger partial charge in [0.05, 0.1) is 5.69 Å². The van der Waals surface area contributed by atoms with Gasteiger partial charge in [-0.1, -0.05) is 6.08 Å². The molecule has 0 bridgehead atoms. The first-order valence-electron chi connectivity index (χ1n) is 4.76. The number of likely N-dealkylation sites (N-methyl/N-ethyl adjacent to an activating group) is 1. The Hall–Kier alpha value is -1.35. The minimum absolute atomic E-state index is 0.00412. The van der Waals surface area contributed by atoms with Crippen molar-refractivity contribution < 1.29 is 0 Å². The Morgan fingerprint density at radius 2 is 2.36 bits per heavy atom. The third-order valence-corrected chi connectivity index (χ3v) is 2.85. The van der Waals surface area contributed by atoms with Crippen LogP contribution in [0.3, 0.4) is 0 Å². The fraction of sp³-hybridized carbons (Fsp3) is 0.364. The van der Waals surface area contributed by atoms with Crippen molar-refractivity contribution in [3.05, 3.63) is 29.6 Å². The van der Waals surface area contributed by atoms with E-state index in [0.717, 1.165) is 23.4 Å². The van der Waals surface area contributed by atoms with Crippen LogP contribution in [0.25, 0.3) is 6.08 Å². The first-order valence-corrected chi connectivity index (χ1v) is 4.76. The molecule has 0 saturated carbocycles. The van der Waals surface area contributed by atoms with Gasteiger partial charge in [-0.05, 0) is 32.5 Å². The summed E-state index contributed by atoms with van der Waals surface area (Å²) in [5, 5.41) is 3.28. The van der Waals surface area contributed by atoms with E-state index in [2.05, 4.69) is 23.3 Å². The first kappa shape index (κ1) is 9.21. The summed E-state index contributed by atoms with van der Waals surface area (Å²) in [6.07, 6.45) is 6.82. The van der Waals surface area contributed by atoms with E-state index >= 15 is 0 Å². The van der Waals surface area contributed by atoms with E-state index in [4.69, 9.17) is 5.73 Å². The summed E-state index contributed by atoms with van der Waals surface area (Å²) in [7, 11) is 1.96. The van der Waals surface area contributed by atoms with Gasteiger partial charge in [0.2, 0.25) is 0 Å². The number of nitrogen functional groups attached to an aromatic ring is 1. The summed E-state index contributed by atoms with van der Waals surface area (Å²) < 4.78 is 0. The van der Waals surface area contributed by atoms with E-state index in [0.29, 0.717) is 0 Å². The average Bonchev–Trinajstić information content (AvgIpc) is 2.20. The van der Waals surface area contributed by atoms with Gasteiger partial charge in [-0.3, -0.25) is 4.98 Å². The number of aromatic nitrogens is 1. The Balaban J connectivity index is 2.47. The predicted octanol–water partition coefficient (Wildman–Crippen LogP) is 1.21. The molecule has 0 aromatic carbocycles. The number of hydrogen-bond acceptors (Lipinski definition) is 3. The lowest BCUT2D eigenvalue weighted by atomic mass is 9.86. The Kier molecular flexibility index (Phi) is 2.04. The monoisotopic (exact) mass is 189 g/mol. The smallest absolute Gasteiger partial charge is 0.0680 e. The summed E-state index contributed by atoms with van der Waals surface area (Å²) in [5.74, 6) is 0. The van der Waals surface area contributed by atoms with Gasteiger partial charge in [-0.2, -0.15) is 0 Å². The van der Waals surface area contributed by atoms with Crippen LogP contribution in [0.1, 0.15) is 18.2 Å². The second kappa shape index (κ2) is 3.10. The van der Waals surface area contributed by atoms with Crippen LogP contribution >= 0.6 is 0 Å². The van der Waals surface area contributed by atoms with Crippen molar-refractivity contribution in [3.63, 3.8) is 0 Å². The zero-order valence-corrected chi connectivity index (χ0v) is 8.54. The van der Waals surface area contributed by atoms with E-state index in [1.807, 2.05) is 19.2 Å². The Bertz CT molecular complexity index is 384. The number of anilines is 1. The average molecular weight is 189 g/mol. The van der Waals surface area contributed by atoms with Crippen LogP contribution in [0, 0.1) is 0 Å². The van der Waals surface area contributed by atoms with Crippen LogP contribution in [0.5, 0.6) is 0 Å². The van der Waals surface area contributed by atoms with Crippen LogP contribution in [-0.2, 0) is 6.42 Å². The molecule has 14 heavy (non-hydrogen) atoms. The molecule has 1 aliphatic carbocycles. The highest BCUT2D eigenvalue weighted by Gasteiger charge is 2.25. The maximum Gasteiger partial charge on any atom is 0.0680 e. The lowest BCUT2D eigenvalue weighted by molar-refractivity contribution is 0.473. The molecule has 0 radical (unpaired) electrons. The number of pyridine rings is 1. The van der Waals surface area contributed by atoms with Gasteiger partial charge in [-0.15, -0.1) is 0 Å². The number of fused-ring (bicyclic) bond motifs is 1. The third kappa shape index (κ3) is 1.40. The minimum atomic E-state index is 0.00412. The molecule has 1 atom stereocenters. The molecule has 0 fully saturated rings. The molecule has 0 spiro atoms. The molecule has 2 rings (SSSR count). The lowest BCUT2D eigenvalue weighted by Gasteiger charge is -2.30. The van der Waals surface area contributed by atoms with Crippen LogP contribution in [-0.4, -0.2) is 17.6 Å². The molecule has 74 valence electrons. The summed E-state index contributed by atoms with van der Waals surface area (Å²) in [6.45, 7) is 2.15. The van der Waals surface area contributed by atoms with Crippen LogP contribution in [0.4, 0.5) is 5.69 Å². The number of nitrogens with zero attached hydrogens (tertiary/aromatic N) is 1. The van der Waals surface area contributed by atoms with Crippen molar-refractivity contribution in [2.24, 2.45) is 0 Å². The second-order valence-corrected chi connectivity index (χ2v) is 3.94. The number of nitrogens with two attached hydrogens (primary N) is 1. The molecule has 1 aliphatic rings. The van der Waals surface area contributed by atoms with Crippen molar-refractivity contribution >= 4 is 11.8 Å². The van der Waals surface area contributed by atoms with Crippen molar-refractivity contribution in [1.82, 2.24) is 10.3 Å². The predicted molar refractivity (Wildman–Crippen MR) is 58.9 cm³/mol. The fourth-order valence-electron chi connectivity index (χ4n) is 1.72. The lowest BCUT2D eigenvalue weighted by Crippen LogP contribution is -2.41. The van der Waals surface area contributed by atoms with Crippen LogP contribution in [0.15, 0.2) is 18.3 Å². The van der Waals surface area contributed by atoms with E-state index in [1.165, 1.54) is 0 Å². The summed E-state index contributed by atoms with van der Waals surface area (Å²) in [6, 6.07) is 1.86. The van der Waals surface area contributed by atoms with Gasteiger partial charge in [0, 0.05) is 23.0 Å². The molecule has 1 aromatic heterocycles. The molecule has 0 aliphatic heterocycles. The molecule has 3 N–H and O–H groups in total. The third-order valence-electron chi connectivity index (χ3n) is 2.85. The molecule has 0 saturated heterocycles. The normalized spacial score (nSPS) is 24.7. The molecule has 3 nitrogen and oxygen atoms in total. The van der Waals surface area contributed by atoms with Gasteiger partial charge < -0.3 is 11.1 Å². The maximum atomic E-state index is 5.92. The molecule has 0 amide bonds. The van der Waals surface area contributed by atoms with Gasteiger partial charge in [0.1, 0.15) is 0 Å². The fourth-order valence-corrected chi connectivity index (χ4v) is 1.72. The zero-order valence-electron chi connectivity index (χ0n) is 8.54. The zero-order chi connectivity index (χ0) is 10.2. The summed E-state index contributed by atoms with van der Waals surface area (Å²) in [4.78, 5) is 4.29. The van der Waals surface area contributed by atoms with Gasteiger partial charge in [0.25, 0.3) is 0 Å². The van der Waals surface area contributed by atoms with E-state index in [9.17, 15) is 0 Å². The number of hydrogen-bond donors (Lipinski definition) is 2. The summed E-state index contributed by atoms with van der Waals surface area (Å²) >= 11 is 0. The van der Waals surface area contributed by atoms with Gasteiger partial charge in [-0.25, -0.2) is 0 Å². The van der Waals surface area contributed by atoms with E-state index in [-0.39, 0.29) is 5.54 Å². The highest BCUT2D eigenvalue weighted by molar-refractivity contribution is 5.63. The van der Waals surface area contributed by atoms with Crippen molar-refractivity contribution in [3.8, 4) is 0 Å². The quantitative estimate of drug-likeness (QED) is 0.698. The number of nitrogens with one attached hydrogen (secondary N) is 1. The first-order chi connectivity index (χ1) is 6.64. The molecule has 1 unspecified atom stereocenters. The van der Waals surface area contributed by atoms with Crippen molar-refractivity contribution in [1.29, 1.82) is 0 Å². The van der Waals surface area contributed by atoms with Crippen LogP contribution < -0.4 is 11.1 Å². The molecule has 1 heterocycles. The Morgan fingerprint density at radius 3 is 3.07 bits per heavy atom. The van der Waals surface area contributed by atoms with Crippen molar-refractivity contribution in [2.45, 2.75) is 18.9 Å². The van der Waals surface area contributed by atoms with Crippen LogP contribution in [0.2, 0.25) is 0 Å². The molecule has 1 aromatic rings. The largest absolute Gasteiger partial charge is 0.398 e. The molecular weight excluding hydrogens is 174 g/mol.